The molecule has 0 fully saturated rings. The quantitative estimate of drug-likeness (QED) is 0.565. The average Bonchev–Trinajstić information content (AvgIpc) is 3.14. The van der Waals surface area contributed by atoms with Crippen LogP contribution < -0.4 is 14.8 Å². The van der Waals surface area contributed by atoms with Crippen molar-refractivity contribution in [2.45, 2.75) is 33.7 Å². The molecular weight excluding hydrogens is 378 g/mol. The predicted octanol–water partition coefficient (Wildman–Crippen LogP) is 4.54. The zero-order valence-corrected chi connectivity index (χ0v) is 18.0. The number of benzene rings is 2. The van der Waals surface area contributed by atoms with Crippen molar-refractivity contribution in [3.05, 3.63) is 71.5 Å². The SMILES string of the molecule is COc1cc(CNC(=O)c2cnn(-c3ccccc3)c2C)ccc1OCCC(C)C. The first-order valence-corrected chi connectivity index (χ1v) is 10.2. The number of methoxy groups -OCH3 is 1. The van der Waals surface area contributed by atoms with Crippen LogP contribution in [0.2, 0.25) is 0 Å². The molecule has 0 aliphatic heterocycles. The molecule has 1 amide bonds. The Morgan fingerprint density at radius 1 is 1.13 bits per heavy atom. The zero-order valence-electron chi connectivity index (χ0n) is 18.0. The van der Waals surface area contributed by atoms with Crippen LogP contribution >= 0.6 is 0 Å². The molecule has 3 rings (SSSR count). The number of carbonyl (C=O) groups is 1. The van der Waals surface area contributed by atoms with Gasteiger partial charge in [0, 0.05) is 6.54 Å². The molecule has 0 bridgehead atoms. The number of carbonyl (C=O) groups excluding carboxylic acids is 1. The summed E-state index contributed by atoms with van der Waals surface area (Å²) in [4.78, 5) is 12.7. The Bertz CT molecular complexity index is 981. The molecule has 0 saturated carbocycles. The van der Waals surface area contributed by atoms with E-state index in [9.17, 15) is 4.79 Å². The summed E-state index contributed by atoms with van der Waals surface area (Å²) < 4.78 is 13.0. The van der Waals surface area contributed by atoms with Gasteiger partial charge in [-0.25, -0.2) is 4.68 Å². The summed E-state index contributed by atoms with van der Waals surface area (Å²) in [5.74, 6) is 1.80. The lowest BCUT2D eigenvalue weighted by atomic mass is 10.1. The normalized spacial score (nSPS) is 10.8. The molecule has 1 aromatic heterocycles. The predicted molar refractivity (Wildman–Crippen MR) is 117 cm³/mol. The van der Waals surface area contributed by atoms with E-state index < -0.39 is 0 Å². The number of para-hydroxylation sites is 1. The average molecular weight is 408 g/mol. The maximum Gasteiger partial charge on any atom is 0.255 e. The number of nitrogens with one attached hydrogen (secondary N) is 1. The second-order valence-corrected chi connectivity index (χ2v) is 7.59. The van der Waals surface area contributed by atoms with Gasteiger partial charge in [0.2, 0.25) is 0 Å². The van der Waals surface area contributed by atoms with E-state index >= 15 is 0 Å². The first-order valence-electron chi connectivity index (χ1n) is 10.2. The molecule has 6 heteroatoms. The molecule has 6 nitrogen and oxygen atoms in total. The number of ether oxygens (including phenoxy) is 2. The molecule has 0 atom stereocenters. The highest BCUT2D eigenvalue weighted by molar-refractivity contribution is 5.95. The molecule has 0 radical (unpaired) electrons. The van der Waals surface area contributed by atoms with Crippen molar-refractivity contribution < 1.29 is 14.3 Å². The van der Waals surface area contributed by atoms with E-state index in [0.717, 1.165) is 23.4 Å². The lowest BCUT2D eigenvalue weighted by molar-refractivity contribution is 0.0950. The Morgan fingerprint density at radius 2 is 1.90 bits per heavy atom. The largest absolute Gasteiger partial charge is 0.493 e. The number of aromatic nitrogens is 2. The van der Waals surface area contributed by atoms with Crippen LogP contribution in [0.4, 0.5) is 0 Å². The van der Waals surface area contributed by atoms with Crippen molar-refractivity contribution in [1.82, 2.24) is 15.1 Å². The van der Waals surface area contributed by atoms with E-state index in [2.05, 4.69) is 24.3 Å². The zero-order chi connectivity index (χ0) is 21.5. The van der Waals surface area contributed by atoms with Gasteiger partial charge in [0.25, 0.3) is 5.91 Å². The van der Waals surface area contributed by atoms with Crippen LogP contribution in [0.5, 0.6) is 11.5 Å². The van der Waals surface area contributed by atoms with Gasteiger partial charge in [-0.1, -0.05) is 38.1 Å². The first kappa shape index (κ1) is 21.4. The first-order chi connectivity index (χ1) is 14.5. The molecule has 0 aliphatic rings. The highest BCUT2D eigenvalue weighted by Crippen LogP contribution is 2.28. The van der Waals surface area contributed by atoms with Gasteiger partial charge in [0.1, 0.15) is 0 Å². The highest BCUT2D eigenvalue weighted by atomic mass is 16.5. The third-order valence-electron chi connectivity index (χ3n) is 4.89. The Morgan fingerprint density at radius 3 is 2.60 bits per heavy atom. The van der Waals surface area contributed by atoms with Gasteiger partial charge >= 0.3 is 0 Å². The van der Waals surface area contributed by atoms with Gasteiger partial charge in [-0.2, -0.15) is 5.10 Å². The van der Waals surface area contributed by atoms with Crippen molar-refractivity contribution in [3.63, 3.8) is 0 Å². The minimum absolute atomic E-state index is 0.161. The summed E-state index contributed by atoms with van der Waals surface area (Å²) in [5, 5.41) is 7.32. The van der Waals surface area contributed by atoms with E-state index in [4.69, 9.17) is 9.47 Å². The van der Waals surface area contributed by atoms with E-state index in [-0.39, 0.29) is 5.91 Å². The summed E-state index contributed by atoms with van der Waals surface area (Å²) in [5.41, 5.74) is 3.21. The van der Waals surface area contributed by atoms with Gasteiger partial charge in [-0.15, -0.1) is 0 Å². The maximum atomic E-state index is 12.7. The Kier molecular flexibility index (Phi) is 7.12. The molecule has 0 spiro atoms. The van der Waals surface area contributed by atoms with E-state index in [1.54, 1.807) is 18.0 Å². The number of nitrogens with zero attached hydrogens (tertiary/aromatic N) is 2. The molecule has 0 unspecified atom stereocenters. The number of amides is 1. The molecule has 2 aromatic carbocycles. The van der Waals surface area contributed by atoms with Crippen LogP contribution in [0.3, 0.4) is 0 Å². The van der Waals surface area contributed by atoms with Crippen LogP contribution in [-0.2, 0) is 6.54 Å². The van der Waals surface area contributed by atoms with Crippen LogP contribution in [0.25, 0.3) is 5.69 Å². The van der Waals surface area contributed by atoms with Crippen molar-refractivity contribution in [2.75, 3.05) is 13.7 Å². The van der Waals surface area contributed by atoms with Gasteiger partial charge in [-0.3, -0.25) is 4.79 Å². The smallest absolute Gasteiger partial charge is 0.255 e. The maximum absolute atomic E-state index is 12.7. The summed E-state index contributed by atoms with van der Waals surface area (Å²) in [6, 6.07) is 15.5. The third-order valence-corrected chi connectivity index (χ3v) is 4.89. The lowest BCUT2D eigenvalue weighted by Crippen LogP contribution is -2.23. The minimum Gasteiger partial charge on any atom is -0.493 e. The van der Waals surface area contributed by atoms with E-state index in [0.29, 0.717) is 36.1 Å². The molecular formula is C24H29N3O3. The summed E-state index contributed by atoms with van der Waals surface area (Å²) >= 11 is 0. The van der Waals surface area contributed by atoms with Gasteiger partial charge in [-0.05, 0) is 49.1 Å². The van der Waals surface area contributed by atoms with E-state index in [1.807, 2.05) is 55.5 Å². The van der Waals surface area contributed by atoms with Crippen molar-refractivity contribution >= 4 is 5.91 Å². The van der Waals surface area contributed by atoms with Crippen LogP contribution in [0.1, 0.15) is 41.9 Å². The molecule has 1 N–H and O–H groups in total. The monoisotopic (exact) mass is 407 g/mol. The molecule has 3 aromatic rings. The van der Waals surface area contributed by atoms with Crippen molar-refractivity contribution in [3.8, 4) is 17.2 Å². The van der Waals surface area contributed by atoms with Gasteiger partial charge in [0.15, 0.2) is 11.5 Å². The number of hydrogen-bond acceptors (Lipinski definition) is 4. The second-order valence-electron chi connectivity index (χ2n) is 7.59. The van der Waals surface area contributed by atoms with Gasteiger partial charge < -0.3 is 14.8 Å². The topological polar surface area (TPSA) is 65.4 Å². The second kappa shape index (κ2) is 9.96. The molecule has 30 heavy (non-hydrogen) atoms. The Labute approximate surface area is 177 Å². The Hall–Kier alpha value is -3.28. The van der Waals surface area contributed by atoms with Crippen molar-refractivity contribution in [2.24, 2.45) is 5.92 Å². The van der Waals surface area contributed by atoms with Crippen molar-refractivity contribution in [1.29, 1.82) is 0 Å². The molecule has 0 aliphatic carbocycles. The molecule has 0 saturated heterocycles. The third kappa shape index (κ3) is 5.20. The number of hydrogen-bond donors (Lipinski definition) is 1. The van der Waals surface area contributed by atoms with Crippen LogP contribution in [0.15, 0.2) is 54.7 Å². The number of rotatable bonds is 9. The summed E-state index contributed by atoms with van der Waals surface area (Å²) in [6.07, 6.45) is 2.58. The fraction of sp³-hybridized carbons (Fsp3) is 0.333. The summed E-state index contributed by atoms with van der Waals surface area (Å²) in [6.45, 7) is 7.25. The molecule has 158 valence electrons. The minimum atomic E-state index is -0.161. The highest BCUT2D eigenvalue weighted by Gasteiger charge is 2.15. The molecule has 1 heterocycles. The fourth-order valence-corrected chi connectivity index (χ4v) is 3.09. The van der Waals surface area contributed by atoms with E-state index in [1.165, 1.54) is 0 Å². The Balaban J connectivity index is 1.64. The van der Waals surface area contributed by atoms with Crippen LogP contribution in [-0.4, -0.2) is 29.4 Å². The van der Waals surface area contributed by atoms with Gasteiger partial charge in [0.05, 0.1) is 36.9 Å². The fourth-order valence-electron chi connectivity index (χ4n) is 3.09. The van der Waals surface area contributed by atoms with Crippen LogP contribution in [0, 0.1) is 12.8 Å². The standard InChI is InChI=1S/C24H29N3O3/c1-17(2)12-13-30-22-11-10-19(14-23(22)29-4)15-25-24(28)21-16-26-27(18(21)3)20-8-6-5-7-9-20/h5-11,14,16-17H,12-13,15H2,1-4H3,(H,25,28). The lowest BCUT2D eigenvalue weighted by Gasteiger charge is -2.13. The summed E-state index contributed by atoms with van der Waals surface area (Å²) in [7, 11) is 1.62.